The van der Waals surface area contributed by atoms with Gasteiger partial charge in [-0.2, -0.15) is 0 Å². The van der Waals surface area contributed by atoms with Gasteiger partial charge in [0.1, 0.15) is 5.82 Å². The Kier molecular flexibility index (Phi) is 4.83. The molecule has 1 N–H and O–H groups in total. The van der Waals surface area contributed by atoms with Crippen molar-refractivity contribution in [2.45, 2.75) is 26.3 Å². The molecule has 25 heavy (non-hydrogen) atoms. The molecule has 1 amide bonds. The average Bonchev–Trinajstić information content (AvgIpc) is 2.62. The van der Waals surface area contributed by atoms with Crippen molar-refractivity contribution in [1.82, 2.24) is 4.90 Å². The summed E-state index contributed by atoms with van der Waals surface area (Å²) >= 11 is 0. The Balaban J connectivity index is 1.72. The lowest BCUT2D eigenvalue weighted by Gasteiger charge is -2.31. The van der Waals surface area contributed by atoms with Crippen molar-refractivity contribution in [3.8, 4) is 0 Å². The Morgan fingerprint density at radius 2 is 1.96 bits per heavy atom. The summed E-state index contributed by atoms with van der Waals surface area (Å²) in [5.41, 5.74) is 2.72. The zero-order valence-electron chi connectivity index (χ0n) is 14.0. The van der Waals surface area contributed by atoms with E-state index in [1.54, 1.807) is 42.2 Å². The van der Waals surface area contributed by atoms with Gasteiger partial charge in [-0.3, -0.25) is 4.79 Å². The molecule has 1 unspecified atom stereocenters. The molecule has 0 fully saturated rings. The summed E-state index contributed by atoms with van der Waals surface area (Å²) in [5, 5.41) is 9.12. The fraction of sp³-hybridized carbons (Fsp3) is 0.300. The van der Waals surface area contributed by atoms with Gasteiger partial charge in [0.25, 0.3) is 0 Å². The van der Waals surface area contributed by atoms with E-state index in [0.29, 0.717) is 31.5 Å². The van der Waals surface area contributed by atoms with Crippen LogP contribution < -0.4 is 0 Å². The van der Waals surface area contributed by atoms with E-state index in [9.17, 15) is 14.0 Å². The number of amides is 1. The number of carboxylic acid groups (broad SMARTS) is 1. The van der Waals surface area contributed by atoms with Crippen LogP contribution in [0, 0.1) is 11.7 Å². The predicted octanol–water partition coefficient (Wildman–Crippen LogP) is 3.29. The van der Waals surface area contributed by atoms with Crippen molar-refractivity contribution in [3.63, 3.8) is 0 Å². The molecule has 0 saturated heterocycles. The SMILES string of the molecule is CC(Cc1ccccc1F)C(=O)N1CCc2ccc(C(=O)O)cc2C1. The minimum atomic E-state index is -0.973. The van der Waals surface area contributed by atoms with Crippen molar-refractivity contribution in [2.75, 3.05) is 6.54 Å². The number of nitrogens with zero attached hydrogens (tertiary/aromatic N) is 1. The number of hydrogen-bond acceptors (Lipinski definition) is 2. The summed E-state index contributed by atoms with van der Waals surface area (Å²) < 4.78 is 13.8. The molecule has 0 radical (unpaired) electrons. The third-order valence-corrected chi connectivity index (χ3v) is 4.68. The first kappa shape index (κ1) is 17.1. The van der Waals surface area contributed by atoms with Gasteiger partial charge < -0.3 is 10.0 Å². The molecule has 0 aliphatic carbocycles. The summed E-state index contributed by atoms with van der Waals surface area (Å²) in [6.45, 7) is 2.80. The van der Waals surface area contributed by atoms with Crippen LogP contribution in [0.5, 0.6) is 0 Å². The maximum atomic E-state index is 13.8. The van der Waals surface area contributed by atoms with Gasteiger partial charge in [-0.25, -0.2) is 9.18 Å². The summed E-state index contributed by atoms with van der Waals surface area (Å²) in [6, 6.07) is 11.6. The van der Waals surface area contributed by atoms with E-state index in [1.165, 1.54) is 6.07 Å². The third kappa shape index (κ3) is 3.71. The highest BCUT2D eigenvalue weighted by Crippen LogP contribution is 2.23. The number of halogens is 1. The molecule has 0 spiro atoms. The van der Waals surface area contributed by atoms with Gasteiger partial charge in [0.15, 0.2) is 0 Å². The molecule has 2 aromatic carbocycles. The van der Waals surface area contributed by atoms with Crippen molar-refractivity contribution in [1.29, 1.82) is 0 Å². The first-order valence-corrected chi connectivity index (χ1v) is 8.33. The Hall–Kier alpha value is -2.69. The topological polar surface area (TPSA) is 57.6 Å². The highest BCUT2D eigenvalue weighted by molar-refractivity contribution is 5.88. The number of carbonyl (C=O) groups excluding carboxylic acids is 1. The van der Waals surface area contributed by atoms with Gasteiger partial charge in [0.05, 0.1) is 5.56 Å². The number of fused-ring (bicyclic) bond motifs is 1. The molecule has 1 aliphatic heterocycles. The third-order valence-electron chi connectivity index (χ3n) is 4.68. The van der Waals surface area contributed by atoms with Gasteiger partial charge in [-0.15, -0.1) is 0 Å². The van der Waals surface area contributed by atoms with Gasteiger partial charge in [0, 0.05) is 19.0 Å². The van der Waals surface area contributed by atoms with E-state index in [2.05, 4.69) is 0 Å². The van der Waals surface area contributed by atoms with E-state index < -0.39 is 5.97 Å². The van der Waals surface area contributed by atoms with E-state index in [4.69, 9.17) is 5.11 Å². The Morgan fingerprint density at radius 1 is 1.20 bits per heavy atom. The minimum absolute atomic E-state index is 0.0327. The molecular weight excluding hydrogens is 321 g/mol. The van der Waals surface area contributed by atoms with Crippen LogP contribution in [-0.4, -0.2) is 28.4 Å². The van der Waals surface area contributed by atoms with Crippen molar-refractivity contribution >= 4 is 11.9 Å². The van der Waals surface area contributed by atoms with Crippen LogP contribution in [0.25, 0.3) is 0 Å². The first-order chi connectivity index (χ1) is 12.0. The lowest BCUT2D eigenvalue weighted by molar-refractivity contribution is -0.135. The number of carboxylic acids is 1. The van der Waals surface area contributed by atoms with Crippen LogP contribution in [0.4, 0.5) is 4.39 Å². The van der Waals surface area contributed by atoms with E-state index in [1.807, 2.05) is 6.07 Å². The van der Waals surface area contributed by atoms with Crippen molar-refractivity contribution in [2.24, 2.45) is 5.92 Å². The molecule has 1 heterocycles. The van der Waals surface area contributed by atoms with E-state index >= 15 is 0 Å². The lowest BCUT2D eigenvalue weighted by Crippen LogP contribution is -2.39. The molecule has 130 valence electrons. The van der Waals surface area contributed by atoms with E-state index in [0.717, 1.165) is 11.1 Å². The molecule has 1 atom stereocenters. The molecule has 4 nitrogen and oxygen atoms in total. The van der Waals surface area contributed by atoms with Crippen LogP contribution >= 0.6 is 0 Å². The summed E-state index contributed by atoms with van der Waals surface area (Å²) in [6.07, 6.45) is 1.05. The summed E-state index contributed by atoms with van der Waals surface area (Å²) in [7, 11) is 0. The molecule has 0 aromatic heterocycles. The number of hydrogen-bond donors (Lipinski definition) is 1. The zero-order valence-corrected chi connectivity index (χ0v) is 14.0. The van der Waals surface area contributed by atoms with Gasteiger partial charge >= 0.3 is 5.97 Å². The predicted molar refractivity (Wildman–Crippen MR) is 91.8 cm³/mol. The highest BCUT2D eigenvalue weighted by atomic mass is 19.1. The zero-order chi connectivity index (χ0) is 18.0. The van der Waals surface area contributed by atoms with Crippen LogP contribution in [0.2, 0.25) is 0 Å². The quantitative estimate of drug-likeness (QED) is 0.928. The van der Waals surface area contributed by atoms with E-state index in [-0.39, 0.29) is 23.2 Å². The fourth-order valence-electron chi connectivity index (χ4n) is 3.27. The Labute approximate surface area is 145 Å². The van der Waals surface area contributed by atoms with Crippen LogP contribution in [-0.2, 0) is 24.2 Å². The molecular formula is C20H20FNO3. The Morgan fingerprint density at radius 3 is 2.68 bits per heavy atom. The molecule has 0 bridgehead atoms. The van der Waals surface area contributed by atoms with Crippen LogP contribution in [0.1, 0.15) is 34.0 Å². The minimum Gasteiger partial charge on any atom is -0.478 e. The smallest absolute Gasteiger partial charge is 0.335 e. The fourth-order valence-corrected chi connectivity index (χ4v) is 3.27. The van der Waals surface area contributed by atoms with Crippen LogP contribution in [0.3, 0.4) is 0 Å². The summed E-state index contributed by atoms with van der Waals surface area (Å²) in [4.78, 5) is 25.6. The number of carbonyl (C=O) groups is 2. The lowest BCUT2D eigenvalue weighted by atomic mass is 9.94. The molecule has 1 aliphatic rings. The summed E-state index contributed by atoms with van der Waals surface area (Å²) in [5.74, 6) is -1.63. The largest absolute Gasteiger partial charge is 0.478 e. The molecule has 5 heteroatoms. The van der Waals surface area contributed by atoms with Gasteiger partial charge in [-0.1, -0.05) is 31.2 Å². The standard InChI is InChI=1S/C20H20FNO3/c1-13(10-15-4-2-3-5-18(15)21)19(23)22-9-8-14-6-7-16(20(24)25)11-17(14)12-22/h2-7,11,13H,8-10,12H2,1H3,(H,24,25). The van der Waals surface area contributed by atoms with Crippen LogP contribution in [0.15, 0.2) is 42.5 Å². The maximum absolute atomic E-state index is 13.8. The monoisotopic (exact) mass is 341 g/mol. The van der Waals surface area contributed by atoms with Crippen molar-refractivity contribution in [3.05, 3.63) is 70.5 Å². The second-order valence-corrected chi connectivity index (χ2v) is 6.50. The Bertz CT molecular complexity index is 818. The second kappa shape index (κ2) is 7.05. The normalized spacial score (nSPS) is 14.7. The number of benzene rings is 2. The highest BCUT2D eigenvalue weighted by Gasteiger charge is 2.25. The first-order valence-electron chi connectivity index (χ1n) is 8.33. The van der Waals surface area contributed by atoms with Gasteiger partial charge in [0.2, 0.25) is 5.91 Å². The molecule has 0 saturated carbocycles. The number of rotatable bonds is 4. The average molecular weight is 341 g/mol. The maximum Gasteiger partial charge on any atom is 0.335 e. The number of aromatic carboxylic acids is 1. The molecule has 2 aromatic rings. The second-order valence-electron chi connectivity index (χ2n) is 6.50. The van der Waals surface area contributed by atoms with Gasteiger partial charge in [-0.05, 0) is 47.7 Å². The molecule has 3 rings (SSSR count). The van der Waals surface area contributed by atoms with Crippen molar-refractivity contribution < 1.29 is 19.1 Å².